The number of carbonyl (C=O) groups excluding carboxylic acids is 1. The van der Waals surface area contributed by atoms with Gasteiger partial charge in [-0.2, -0.15) is 13.2 Å². The minimum atomic E-state index is -4.51. The second kappa shape index (κ2) is 9.29. The van der Waals surface area contributed by atoms with Crippen molar-refractivity contribution in [1.29, 1.82) is 0 Å². The quantitative estimate of drug-likeness (QED) is 0.492. The fraction of sp³-hybridized carbons (Fsp3) is 0.269. The molecule has 3 aromatic rings. The van der Waals surface area contributed by atoms with E-state index >= 15 is 0 Å². The standard InChI is InChI=1S/C26H24F3NO4/c1-32-21-10-5-4-9-19(21)25(31)30-12-11-16-14-22(33-2)23(34-3)15-20(16)24(30)17-7-6-8-18(13-17)26(27,28)29/h4-10,13-15,24H,11-12H2,1-3H3/t24-/m1/s1. The monoisotopic (exact) mass is 471 g/mol. The Kier molecular flexibility index (Phi) is 6.41. The van der Waals surface area contributed by atoms with Crippen molar-refractivity contribution in [3.05, 3.63) is 88.5 Å². The molecular weight excluding hydrogens is 447 g/mol. The molecule has 178 valence electrons. The number of alkyl halides is 3. The summed E-state index contributed by atoms with van der Waals surface area (Å²) in [5.74, 6) is 1.02. The molecule has 8 heteroatoms. The average Bonchev–Trinajstić information content (AvgIpc) is 2.86. The molecule has 0 spiro atoms. The maximum absolute atomic E-state index is 13.7. The van der Waals surface area contributed by atoms with E-state index in [0.29, 0.717) is 46.9 Å². The fourth-order valence-corrected chi connectivity index (χ4v) is 4.39. The van der Waals surface area contributed by atoms with E-state index in [1.807, 2.05) is 6.07 Å². The molecule has 1 heterocycles. The van der Waals surface area contributed by atoms with Gasteiger partial charge in [-0.05, 0) is 59.5 Å². The van der Waals surface area contributed by atoms with E-state index in [4.69, 9.17) is 14.2 Å². The van der Waals surface area contributed by atoms with Gasteiger partial charge in [0.15, 0.2) is 11.5 Å². The summed E-state index contributed by atoms with van der Waals surface area (Å²) in [5.41, 5.74) is 1.48. The minimum Gasteiger partial charge on any atom is -0.496 e. The molecule has 0 saturated heterocycles. The maximum Gasteiger partial charge on any atom is 0.416 e. The van der Waals surface area contributed by atoms with Crippen molar-refractivity contribution in [2.24, 2.45) is 0 Å². The van der Waals surface area contributed by atoms with E-state index in [0.717, 1.165) is 17.7 Å². The van der Waals surface area contributed by atoms with Gasteiger partial charge in [-0.1, -0.05) is 24.3 Å². The first-order chi connectivity index (χ1) is 16.3. The van der Waals surface area contributed by atoms with Crippen LogP contribution in [-0.4, -0.2) is 38.7 Å². The first-order valence-corrected chi connectivity index (χ1v) is 10.6. The average molecular weight is 471 g/mol. The van der Waals surface area contributed by atoms with Crippen LogP contribution in [0, 0.1) is 0 Å². The Morgan fingerprint density at radius 3 is 2.24 bits per heavy atom. The molecule has 1 aliphatic rings. The largest absolute Gasteiger partial charge is 0.496 e. The molecule has 4 rings (SSSR count). The van der Waals surface area contributed by atoms with Crippen LogP contribution in [0.25, 0.3) is 0 Å². The molecule has 5 nitrogen and oxygen atoms in total. The number of fused-ring (bicyclic) bond motifs is 1. The normalized spacial score (nSPS) is 15.5. The van der Waals surface area contributed by atoms with Crippen LogP contribution < -0.4 is 14.2 Å². The zero-order valence-electron chi connectivity index (χ0n) is 19.0. The highest BCUT2D eigenvalue weighted by Gasteiger charge is 2.37. The lowest BCUT2D eigenvalue weighted by Gasteiger charge is -2.38. The molecule has 34 heavy (non-hydrogen) atoms. The van der Waals surface area contributed by atoms with Crippen molar-refractivity contribution < 1.29 is 32.2 Å². The Morgan fingerprint density at radius 2 is 1.56 bits per heavy atom. The first kappa shape index (κ1) is 23.5. The number of benzene rings is 3. The highest BCUT2D eigenvalue weighted by Crippen LogP contribution is 2.43. The highest BCUT2D eigenvalue weighted by atomic mass is 19.4. The van der Waals surface area contributed by atoms with Crippen LogP contribution in [0.3, 0.4) is 0 Å². The van der Waals surface area contributed by atoms with Crippen LogP contribution in [0.4, 0.5) is 13.2 Å². The number of rotatable bonds is 5. The summed E-state index contributed by atoms with van der Waals surface area (Å²) in [4.78, 5) is 15.3. The van der Waals surface area contributed by atoms with E-state index < -0.39 is 17.8 Å². The Bertz CT molecular complexity index is 1210. The molecule has 0 aliphatic carbocycles. The molecule has 0 N–H and O–H groups in total. The number of ether oxygens (including phenoxy) is 3. The number of hydrogen-bond acceptors (Lipinski definition) is 4. The Hall–Kier alpha value is -3.68. The van der Waals surface area contributed by atoms with Crippen molar-refractivity contribution in [2.75, 3.05) is 27.9 Å². The van der Waals surface area contributed by atoms with E-state index in [-0.39, 0.29) is 5.91 Å². The second-order valence-electron chi connectivity index (χ2n) is 7.88. The van der Waals surface area contributed by atoms with Gasteiger partial charge in [0.1, 0.15) is 5.75 Å². The van der Waals surface area contributed by atoms with E-state index in [9.17, 15) is 18.0 Å². The van der Waals surface area contributed by atoms with Crippen molar-refractivity contribution in [2.45, 2.75) is 18.6 Å². The van der Waals surface area contributed by atoms with Crippen molar-refractivity contribution in [3.8, 4) is 17.2 Å². The molecule has 0 saturated carbocycles. The van der Waals surface area contributed by atoms with Gasteiger partial charge in [0.2, 0.25) is 0 Å². The Labute approximate surface area is 195 Å². The van der Waals surface area contributed by atoms with E-state index in [2.05, 4.69) is 0 Å². The summed E-state index contributed by atoms with van der Waals surface area (Å²) in [6.07, 6.45) is -4.01. The van der Waals surface area contributed by atoms with Gasteiger partial charge in [-0.3, -0.25) is 4.79 Å². The number of amides is 1. The predicted octanol–water partition coefficient (Wildman–Crippen LogP) is 5.52. The summed E-state index contributed by atoms with van der Waals surface area (Å²) in [5, 5.41) is 0. The summed E-state index contributed by atoms with van der Waals surface area (Å²) < 4.78 is 56.8. The molecular formula is C26H24F3NO4. The Balaban J connectivity index is 1.90. The van der Waals surface area contributed by atoms with Gasteiger partial charge >= 0.3 is 6.18 Å². The number of methoxy groups -OCH3 is 3. The first-order valence-electron chi connectivity index (χ1n) is 10.6. The summed E-state index contributed by atoms with van der Waals surface area (Å²) in [6.45, 7) is 0.306. The van der Waals surface area contributed by atoms with Gasteiger partial charge in [-0.25, -0.2) is 0 Å². The van der Waals surface area contributed by atoms with Crippen LogP contribution in [0.2, 0.25) is 0 Å². The maximum atomic E-state index is 13.7. The highest BCUT2D eigenvalue weighted by molar-refractivity contribution is 5.97. The zero-order valence-corrected chi connectivity index (χ0v) is 19.0. The SMILES string of the molecule is COc1cc2c(cc1OC)[C@@H](c1cccc(C(F)(F)F)c1)N(C(=O)c1ccccc1OC)CC2. The molecule has 0 radical (unpaired) electrons. The third-order valence-electron chi connectivity index (χ3n) is 6.00. The van der Waals surface area contributed by atoms with Gasteiger partial charge in [0.25, 0.3) is 5.91 Å². The molecule has 3 aromatic carbocycles. The molecule has 0 unspecified atom stereocenters. The van der Waals surface area contributed by atoms with Gasteiger partial charge in [0.05, 0.1) is 38.5 Å². The molecule has 0 fully saturated rings. The number of halogens is 3. The summed E-state index contributed by atoms with van der Waals surface area (Å²) in [7, 11) is 4.48. The molecule has 0 aromatic heterocycles. The van der Waals surface area contributed by atoms with E-state index in [1.54, 1.807) is 41.3 Å². The summed E-state index contributed by atoms with van der Waals surface area (Å²) >= 11 is 0. The smallest absolute Gasteiger partial charge is 0.416 e. The molecule has 0 bridgehead atoms. The van der Waals surface area contributed by atoms with Crippen molar-refractivity contribution in [1.82, 2.24) is 4.90 Å². The fourth-order valence-electron chi connectivity index (χ4n) is 4.39. The van der Waals surface area contributed by atoms with Crippen LogP contribution in [-0.2, 0) is 12.6 Å². The zero-order chi connectivity index (χ0) is 24.5. The van der Waals surface area contributed by atoms with Gasteiger partial charge in [-0.15, -0.1) is 0 Å². The third kappa shape index (κ3) is 4.27. The topological polar surface area (TPSA) is 48.0 Å². The lowest BCUT2D eigenvalue weighted by atomic mass is 9.86. The van der Waals surface area contributed by atoms with Gasteiger partial charge in [0, 0.05) is 6.54 Å². The number of nitrogens with zero attached hydrogens (tertiary/aromatic N) is 1. The van der Waals surface area contributed by atoms with Crippen LogP contribution in [0.1, 0.15) is 38.7 Å². The Morgan fingerprint density at radius 1 is 0.882 bits per heavy atom. The molecule has 1 amide bonds. The molecule has 1 aliphatic heterocycles. The number of carbonyl (C=O) groups is 1. The number of hydrogen-bond donors (Lipinski definition) is 0. The van der Waals surface area contributed by atoms with Crippen molar-refractivity contribution in [3.63, 3.8) is 0 Å². The van der Waals surface area contributed by atoms with Crippen molar-refractivity contribution >= 4 is 5.91 Å². The second-order valence-corrected chi connectivity index (χ2v) is 7.88. The lowest BCUT2D eigenvalue weighted by Crippen LogP contribution is -2.41. The molecule has 1 atom stereocenters. The number of para-hydroxylation sites is 1. The minimum absolute atomic E-state index is 0.306. The van der Waals surface area contributed by atoms with E-state index in [1.165, 1.54) is 27.4 Å². The van der Waals surface area contributed by atoms with Crippen LogP contribution in [0.15, 0.2) is 60.7 Å². The van der Waals surface area contributed by atoms with Gasteiger partial charge < -0.3 is 19.1 Å². The van der Waals surface area contributed by atoms with Crippen LogP contribution in [0.5, 0.6) is 17.2 Å². The third-order valence-corrected chi connectivity index (χ3v) is 6.00. The predicted molar refractivity (Wildman–Crippen MR) is 121 cm³/mol. The summed E-state index contributed by atoms with van der Waals surface area (Å²) in [6, 6.07) is 14.7. The van der Waals surface area contributed by atoms with Crippen LogP contribution >= 0.6 is 0 Å². The lowest BCUT2D eigenvalue weighted by molar-refractivity contribution is -0.137.